The zero-order chi connectivity index (χ0) is 12.1. The largest absolute Gasteiger partial charge is 0.416 e. The van der Waals surface area contributed by atoms with Crippen LogP contribution in [-0.4, -0.2) is 16.7 Å². The van der Waals surface area contributed by atoms with Gasteiger partial charge in [-0.25, -0.2) is 0 Å². The summed E-state index contributed by atoms with van der Waals surface area (Å²) in [6, 6.07) is 2.06. The summed E-state index contributed by atoms with van der Waals surface area (Å²) in [5.74, 6) is 7.24. The maximum atomic E-state index is 5.32. The lowest BCUT2D eigenvalue weighted by molar-refractivity contribution is 0.429. The molecule has 0 atom stereocenters. The minimum Gasteiger partial charge on any atom is -0.416 e. The van der Waals surface area contributed by atoms with Crippen molar-refractivity contribution in [3.8, 4) is 11.8 Å². The molecule has 0 aliphatic heterocycles. The molecule has 2 N–H and O–H groups in total. The molecule has 0 unspecified atom stereocenters. The zero-order valence-corrected chi connectivity index (χ0v) is 10.9. The van der Waals surface area contributed by atoms with E-state index in [2.05, 4.69) is 28.1 Å². The quantitative estimate of drug-likeness (QED) is 0.679. The van der Waals surface area contributed by atoms with Crippen molar-refractivity contribution < 1.29 is 4.42 Å². The molecule has 0 fully saturated rings. The van der Waals surface area contributed by atoms with E-state index in [1.807, 2.05) is 5.38 Å². The fourth-order valence-electron chi connectivity index (χ4n) is 1.14. The van der Waals surface area contributed by atoms with Gasteiger partial charge in [0, 0.05) is 28.5 Å². The summed E-state index contributed by atoms with van der Waals surface area (Å²) in [6.45, 7) is 2.17. The molecule has 2 heterocycles. The number of nitrogens with zero attached hydrogens (tertiary/aromatic N) is 2. The molecule has 0 aliphatic rings. The molecule has 0 spiro atoms. The molecule has 2 rings (SSSR count). The third kappa shape index (κ3) is 3.60. The predicted molar refractivity (Wildman–Crippen MR) is 68.8 cm³/mol. The number of aromatic nitrogens is 2. The first kappa shape index (κ1) is 12.2. The molecule has 0 aliphatic carbocycles. The van der Waals surface area contributed by atoms with Gasteiger partial charge in [-0.1, -0.05) is 23.6 Å². The Labute approximate surface area is 108 Å². The topological polar surface area (TPSA) is 64.9 Å². The van der Waals surface area contributed by atoms with Crippen molar-refractivity contribution in [1.82, 2.24) is 10.2 Å². The first-order chi connectivity index (χ1) is 8.28. The molecule has 4 nitrogen and oxygen atoms in total. The van der Waals surface area contributed by atoms with E-state index in [-0.39, 0.29) is 0 Å². The highest BCUT2D eigenvalue weighted by atomic mass is 32.2. The monoisotopic (exact) mass is 265 g/mol. The standard InChI is InChI=1S/C11H11N3OS2/c1-8-13-14-11(15-8)17-7-10-5-9(6-16-10)3-2-4-12/h5-6H,4,7,12H2,1H3. The van der Waals surface area contributed by atoms with Crippen LogP contribution >= 0.6 is 23.1 Å². The second kappa shape index (κ2) is 5.87. The summed E-state index contributed by atoms with van der Waals surface area (Å²) in [7, 11) is 0. The molecular weight excluding hydrogens is 254 g/mol. The summed E-state index contributed by atoms with van der Waals surface area (Å²) in [5.41, 5.74) is 6.33. The molecule has 2 aromatic rings. The van der Waals surface area contributed by atoms with Crippen molar-refractivity contribution in [2.75, 3.05) is 6.54 Å². The number of thiophene rings is 1. The number of rotatable bonds is 3. The second-order valence-electron chi connectivity index (χ2n) is 3.18. The minimum atomic E-state index is 0.390. The van der Waals surface area contributed by atoms with Gasteiger partial charge < -0.3 is 10.2 Å². The van der Waals surface area contributed by atoms with E-state index in [9.17, 15) is 0 Å². The van der Waals surface area contributed by atoms with Crippen molar-refractivity contribution in [2.45, 2.75) is 17.9 Å². The third-order valence-electron chi connectivity index (χ3n) is 1.83. The van der Waals surface area contributed by atoms with Gasteiger partial charge in [-0.05, 0) is 6.07 Å². The Balaban J connectivity index is 1.93. The Kier molecular flexibility index (Phi) is 4.20. The van der Waals surface area contributed by atoms with Crippen LogP contribution in [-0.2, 0) is 5.75 Å². The van der Waals surface area contributed by atoms with E-state index in [4.69, 9.17) is 10.2 Å². The van der Waals surface area contributed by atoms with Crippen molar-refractivity contribution in [3.63, 3.8) is 0 Å². The molecule has 0 saturated heterocycles. The third-order valence-corrected chi connectivity index (χ3v) is 3.82. The summed E-state index contributed by atoms with van der Waals surface area (Å²) in [4.78, 5) is 1.23. The van der Waals surface area contributed by atoms with Gasteiger partial charge >= 0.3 is 0 Å². The highest BCUT2D eigenvalue weighted by Crippen LogP contribution is 2.25. The average Bonchev–Trinajstić information content (AvgIpc) is 2.93. The summed E-state index contributed by atoms with van der Waals surface area (Å²) < 4.78 is 5.28. The normalized spacial score (nSPS) is 10.0. The number of thioether (sulfide) groups is 1. The molecule has 0 radical (unpaired) electrons. The maximum Gasteiger partial charge on any atom is 0.276 e. The molecule has 17 heavy (non-hydrogen) atoms. The first-order valence-electron chi connectivity index (χ1n) is 4.97. The van der Waals surface area contributed by atoms with Crippen molar-refractivity contribution >= 4 is 23.1 Å². The lowest BCUT2D eigenvalue weighted by atomic mass is 10.3. The fourth-order valence-corrected chi connectivity index (χ4v) is 2.82. The van der Waals surface area contributed by atoms with Gasteiger partial charge in [0.25, 0.3) is 5.22 Å². The van der Waals surface area contributed by atoms with Crippen LogP contribution in [0.3, 0.4) is 0 Å². The van der Waals surface area contributed by atoms with E-state index < -0.39 is 0 Å². The average molecular weight is 265 g/mol. The molecule has 0 saturated carbocycles. The van der Waals surface area contributed by atoms with Crippen LogP contribution in [0.5, 0.6) is 0 Å². The smallest absolute Gasteiger partial charge is 0.276 e. The van der Waals surface area contributed by atoms with Crippen LogP contribution in [0.4, 0.5) is 0 Å². The number of aryl methyl sites for hydroxylation is 1. The van der Waals surface area contributed by atoms with Crippen LogP contribution in [0.25, 0.3) is 0 Å². The first-order valence-corrected chi connectivity index (χ1v) is 6.83. The Bertz CT molecular complexity index is 550. The molecule has 0 amide bonds. The predicted octanol–water partition coefficient (Wildman–Crippen LogP) is 2.04. The molecule has 88 valence electrons. The van der Waals surface area contributed by atoms with Crippen molar-refractivity contribution in [1.29, 1.82) is 0 Å². The number of hydrogen-bond donors (Lipinski definition) is 1. The SMILES string of the molecule is Cc1nnc(SCc2cc(C#CCN)cs2)o1. The summed E-state index contributed by atoms with van der Waals surface area (Å²) in [5, 5.41) is 10.3. The lowest BCUT2D eigenvalue weighted by Gasteiger charge is -1.91. The maximum absolute atomic E-state index is 5.32. The fraction of sp³-hybridized carbons (Fsp3) is 0.273. The Morgan fingerprint density at radius 1 is 1.53 bits per heavy atom. The Morgan fingerprint density at radius 2 is 2.41 bits per heavy atom. The minimum absolute atomic E-state index is 0.390. The van der Waals surface area contributed by atoms with Gasteiger partial charge in [-0.3, -0.25) is 0 Å². The highest BCUT2D eigenvalue weighted by molar-refractivity contribution is 7.98. The van der Waals surface area contributed by atoms with Gasteiger partial charge in [0.1, 0.15) is 0 Å². The van der Waals surface area contributed by atoms with Crippen LogP contribution in [0, 0.1) is 18.8 Å². The van der Waals surface area contributed by atoms with Crippen LogP contribution in [0.1, 0.15) is 16.3 Å². The van der Waals surface area contributed by atoms with Gasteiger partial charge in [0.05, 0.1) is 6.54 Å². The van der Waals surface area contributed by atoms with Crippen molar-refractivity contribution in [2.24, 2.45) is 5.73 Å². The molecule has 0 aromatic carbocycles. The van der Waals surface area contributed by atoms with E-state index in [1.54, 1.807) is 18.3 Å². The van der Waals surface area contributed by atoms with E-state index in [1.165, 1.54) is 16.6 Å². The van der Waals surface area contributed by atoms with Crippen LogP contribution in [0.2, 0.25) is 0 Å². The lowest BCUT2D eigenvalue weighted by Crippen LogP contribution is -1.92. The van der Waals surface area contributed by atoms with Gasteiger partial charge in [0.2, 0.25) is 5.89 Å². The molecule has 2 aromatic heterocycles. The zero-order valence-electron chi connectivity index (χ0n) is 9.27. The van der Waals surface area contributed by atoms with Gasteiger partial charge in [-0.15, -0.1) is 21.5 Å². The Hall–Kier alpha value is -1.29. The van der Waals surface area contributed by atoms with Gasteiger partial charge in [-0.2, -0.15) is 0 Å². The van der Waals surface area contributed by atoms with E-state index >= 15 is 0 Å². The summed E-state index contributed by atoms with van der Waals surface area (Å²) >= 11 is 3.20. The van der Waals surface area contributed by atoms with Crippen LogP contribution < -0.4 is 5.73 Å². The highest BCUT2D eigenvalue weighted by Gasteiger charge is 2.05. The number of nitrogens with two attached hydrogens (primary N) is 1. The Morgan fingerprint density at radius 3 is 3.12 bits per heavy atom. The van der Waals surface area contributed by atoms with Gasteiger partial charge in [0.15, 0.2) is 0 Å². The van der Waals surface area contributed by atoms with E-state index in [0.29, 0.717) is 17.7 Å². The molecular formula is C11H11N3OS2. The summed E-state index contributed by atoms with van der Waals surface area (Å²) in [6.07, 6.45) is 0. The van der Waals surface area contributed by atoms with Crippen LogP contribution in [0.15, 0.2) is 21.1 Å². The second-order valence-corrected chi connectivity index (χ2v) is 5.11. The number of hydrogen-bond acceptors (Lipinski definition) is 6. The molecule has 0 bridgehead atoms. The van der Waals surface area contributed by atoms with E-state index in [0.717, 1.165) is 11.3 Å². The van der Waals surface area contributed by atoms with Crippen molar-refractivity contribution in [3.05, 3.63) is 27.8 Å². The molecule has 6 heteroatoms.